The van der Waals surface area contributed by atoms with Crippen molar-refractivity contribution in [1.82, 2.24) is 5.32 Å². The molecule has 1 aliphatic heterocycles. The van der Waals surface area contributed by atoms with Crippen LogP contribution in [-0.2, 0) is 6.42 Å². The highest BCUT2D eigenvalue weighted by Gasteiger charge is 2.12. The van der Waals surface area contributed by atoms with E-state index in [0.717, 1.165) is 31.0 Å². The summed E-state index contributed by atoms with van der Waals surface area (Å²) in [4.78, 5) is 0. The molecule has 1 nitrogen and oxygen atoms in total. The fraction of sp³-hybridized carbons (Fsp3) is 0.571. The topological polar surface area (TPSA) is 12.0 Å². The summed E-state index contributed by atoms with van der Waals surface area (Å²) in [5.41, 5.74) is 0.818. The molecule has 0 aromatic heterocycles. The summed E-state index contributed by atoms with van der Waals surface area (Å²) in [6.45, 7) is 1.96. The second-order valence-corrected chi connectivity index (χ2v) is 5.78. The van der Waals surface area contributed by atoms with Gasteiger partial charge in [0.1, 0.15) is 5.82 Å². The third-order valence-electron chi connectivity index (χ3n) is 3.22. The van der Waals surface area contributed by atoms with Gasteiger partial charge in [0.15, 0.2) is 0 Å². The average molecular weight is 253 g/mol. The van der Waals surface area contributed by atoms with Crippen LogP contribution in [0.1, 0.15) is 18.4 Å². The molecule has 94 valence electrons. The van der Waals surface area contributed by atoms with Crippen molar-refractivity contribution in [2.45, 2.75) is 19.3 Å². The van der Waals surface area contributed by atoms with Crippen LogP contribution >= 0.6 is 11.8 Å². The second-order valence-electron chi connectivity index (χ2n) is 4.63. The van der Waals surface area contributed by atoms with Crippen LogP contribution in [0.3, 0.4) is 0 Å². The highest BCUT2D eigenvalue weighted by Crippen LogP contribution is 2.21. The Hall–Kier alpha value is -0.540. The summed E-state index contributed by atoms with van der Waals surface area (Å²) < 4.78 is 13.3. The van der Waals surface area contributed by atoms with Gasteiger partial charge in [-0.2, -0.15) is 11.8 Å². The van der Waals surface area contributed by atoms with Crippen LogP contribution in [0.25, 0.3) is 0 Å². The van der Waals surface area contributed by atoms with Gasteiger partial charge in [-0.25, -0.2) is 4.39 Å². The molecule has 0 spiro atoms. The van der Waals surface area contributed by atoms with Crippen LogP contribution in [0.15, 0.2) is 24.3 Å². The Morgan fingerprint density at radius 3 is 3.00 bits per heavy atom. The van der Waals surface area contributed by atoms with Crippen molar-refractivity contribution < 1.29 is 4.39 Å². The Morgan fingerprint density at radius 1 is 1.35 bits per heavy atom. The first-order valence-corrected chi connectivity index (χ1v) is 7.53. The molecule has 1 fully saturated rings. The largest absolute Gasteiger partial charge is 0.316 e. The lowest BCUT2D eigenvalue weighted by molar-refractivity contribution is 0.476. The zero-order chi connectivity index (χ0) is 11.9. The lowest BCUT2D eigenvalue weighted by Crippen LogP contribution is -2.28. The van der Waals surface area contributed by atoms with E-state index in [1.807, 2.05) is 12.1 Å². The molecular weight excluding hydrogens is 233 g/mol. The van der Waals surface area contributed by atoms with Crippen molar-refractivity contribution in [2.75, 3.05) is 24.6 Å². The highest BCUT2D eigenvalue weighted by molar-refractivity contribution is 7.99. The van der Waals surface area contributed by atoms with Gasteiger partial charge in [-0.3, -0.25) is 0 Å². The number of rotatable bonds is 5. The maximum Gasteiger partial charge on any atom is 0.126 e. The molecule has 1 aliphatic rings. The van der Waals surface area contributed by atoms with E-state index in [1.54, 1.807) is 6.07 Å². The van der Waals surface area contributed by atoms with E-state index < -0.39 is 0 Å². The molecule has 0 saturated carbocycles. The Bertz CT molecular complexity index is 337. The Kier molecular flexibility index (Phi) is 5.33. The van der Waals surface area contributed by atoms with Crippen molar-refractivity contribution in [3.05, 3.63) is 35.6 Å². The number of nitrogens with one attached hydrogen (secondary N) is 1. The molecule has 2 rings (SSSR count). The summed E-state index contributed by atoms with van der Waals surface area (Å²) in [6, 6.07) is 7.04. The van der Waals surface area contributed by atoms with E-state index in [1.165, 1.54) is 30.4 Å². The molecule has 17 heavy (non-hydrogen) atoms. The first kappa shape index (κ1) is 12.9. The van der Waals surface area contributed by atoms with Gasteiger partial charge in [0, 0.05) is 0 Å². The minimum Gasteiger partial charge on any atom is -0.316 e. The molecule has 1 aromatic rings. The molecule has 1 atom stereocenters. The zero-order valence-electron chi connectivity index (χ0n) is 10.1. The smallest absolute Gasteiger partial charge is 0.126 e. The highest BCUT2D eigenvalue weighted by atomic mass is 32.2. The fourth-order valence-electron chi connectivity index (χ4n) is 2.20. The fourth-order valence-corrected chi connectivity index (χ4v) is 3.35. The minimum absolute atomic E-state index is 0.0810. The van der Waals surface area contributed by atoms with Gasteiger partial charge < -0.3 is 5.32 Å². The van der Waals surface area contributed by atoms with Gasteiger partial charge in [0.2, 0.25) is 0 Å². The van der Waals surface area contributed by atoms with Crippen molar-refractivity contribution in [3.8, 4) is 0 Å². The van der Waals surface area contributed by atoms with Gasteiger partial charge in [-0.05, 0) is 61.4 Å². The molecular formula is C14H20FNS. The van der Waals surface area contributed by atoms with E-state index in [9.17, 15) is 4.39 Å². The number of benzene rings is 1. The van der Waals surface area contributed by atoms with E-state index in [0.29, 0.717) is 0 Å². The van der Waals surface area contributed by atoms with Crippen LogP contribution < -0.4 is 5.32 Å². The Balaban J connectivity index is 1.64. The third kappa shape index (κ3) is 4.32. The maximum atomic E-state index is 13.3. The van der Waals surface area contributed by atoms with Gasteiger partial charge in [0.25, 0.3) is 0 Å². The van der Waals surface area contributed by atoms with Crippen LogP contribution in [0.5, 0.6) is 0 Å². The molecule has 0 radical (unpaired) electrons. The molecule has 0 bridgehead atoms. The first-order chi connectivity index (χ1) is 8.36. The van der Waals surface area contributed by atoms with Gasteiger partial charge >= 0.3 is 0 Å². The van der Waals surface area contributed by atoms with Gasteiger partial charge in [-0.1, -0.05) is 18.2 Å². The van der Waals surface area contributed by atoms with E-state index in [-0.39, 0.29) is 5.82 Å². The van der Waals surface area contributed by atoms with Crippen LogP contribution in [-0.4, -0.2) is 24.6 Å². The number of hydrogen-bond donors (Lipinski definition) is 1. The van der Waals surface area contributed by atoms with Crippen LogP contribution in [0.2, 0.25) is 0 Å². The quantitative estimate of drug-likeness (QED) is 0.809. The lowest BCUT2D eigenvalue weighted by atomic mass is 10.1. The Labute approximate surface area is 107 Å². The minimum atomic E-state index is -0.0810. The molecule has 0 aliphatic carbocycles. The summed E-state index contributed by atoms with van der Waals surface area (Å²) in [5, 5.41) is 3.45. The van der Waals surface area contributed by atoms with E-state index in [4.69, 9.17) is 0 Å². The second kappa shape index (κ2) is 7.02. The summed E-state index contributed by atoms with van der Waals surface area (Å²) in [6.07, 6.45) is 3.48. The number of thioether (sulfide) groups is 1. The molecule has 1 N–H and O–H groups in total. The van der Waals surface area contributed by atoms with Crippen molar-refractivity contribution in [2.24, 2.45) is 5.92 Å². The average Bonchev–Trinajstić information content (AvgIpc) is 2.38. The van der Waals surface area contributed by atoms with Crippen molar-refractivity contribution >= 4 is 11.8 Å². The van der Waals surface area contributed by atoms with Crippen LogP contribution in [0, 0.1) is 11.7 Å². The molecule has 3 heteroatoms. The monoisotopic (exact) mass is 253 g/mol. The molecule has 1 saturated heterocycles. The predicted molar refractivity (Wildman–Crippen MR) is 73.0 cm³/mol. The van der Waals surface area contributed by atoms with Gasteiger partial charge in [0.05, 0.1) is 0 Å². The van der Waals surface area contributed by atoms with E-state index in [2.05, 4.69) is 17.1 Å². The molecule has 0 amide bonds. The number of hydrogen-bond acceptors (Lipinski definition) is 2. The predicted octanol–water partition coefficient (Wildman–Crippen LogP) is 3.10. The van der Waals surface area contributed by atoms with E-state index >= 15 is 0 Å². The van der Waals surface area contributed by atoms with Crippen LogP contribution in [0.4, 0.5) is 4.39 Å². The number of halogens is 1. The lowest BCUT2D eigenvalue weighted by Gasteiger charge is -2.21. The summed E-state index contributed by atoms with van der Waals surface area (Å²) >= 11 is 2.06. The van der Waals surface area contributed by atoms with Gasteiger partial charge in [-0.15, -0.1) is 0 Å². The summed E-state index contributed by atoms with van der Waals surface area (Å²) in [5.74, 6) is 3.34. The molecule has 1 heterocycles. The molecule has 1 aromatic carbocycles. The normalized spacial score (nSPS) is 20.4. The zero-order valence-corrected chi connectivity index (χ0v) is 10.9. The maximum absolute atomic E-state index is 13.3. The third-order valence-corrected chi connectivity index (χ3v) is 4.50. The first-order valence-electron chi connectivity index (χ1n) is 6.38. The molecule has 1 unspecified atom stereocenters. The Morgan fingerprint density at radius 2 is 2.24 bits per heavy atom. The summed E-state index contributed by atoms with van der Waals surface area (Å²) in [7, 11) is 0. The SMILES string of the molecule is Fc1ccccc1CCNCC1CCCSC1. The van der Waals surface area contributed by atoms with Crippen molar-refractivity contribution in [3.63, 3.8) is 0 Å². The van der Waals surface area contributed by atoms with Crippen molar-refractivity contribution in [1.29, 1.82) is 0 Å². The standard InChI is InChI=1S/C14H20FNS/c15-14-6-2-1-5-13(14)7-8-16-10-12-4-3-9-17-11-12/h1-2,5-6,12,16H,3-4,7-11H2.